The van der Waals surface area contributed by atoms with Gasteiger partial charge < -0.3 is 5.32 Å². The van der Waals surface area contributed by atoms with Crippen LogP contribution in [0, 0.1) is 15.5 Å². The van der Waals surface area contributed by atoms with Gasteiger partial charge in [-0.05, 0) is 37.3 Å². The minimum Gasteiger partial charge on any atom is -0.308 e. The SMILES string of the molecule is CC(C)(C)CC(C)(C)NCc1ccc([N+](=O)[O-])cc1Cl. The summed E-state index contributed by atoms with van der Waals surface area (Å²) in [6.07, 6.45) is 1.02. The van der Waals surface area contributed by atoms with Crippen LogP contribution < -0.4 is 5.32 Å². The molecule has 0 heterocycles. The van der Waals surface area contributed by atoms with Gasteiger partial charge in [0.1, 0.15) is 0 Å². The van der Waals surface area contributed by atoms with Gasteiger partial charge in [-0.25, -0.2) is 0 Å². The highest BCUT2D eigenvalue weighted by atomic mass is 35.5. The molecule has 0 aliphatic rings. The molecule has 0 fully saturated rings. The molecule has 0 aliphatic heterocycles. The summed E-state index contributed by atoms with van der Waals surface area (Å²) in [6.45, 7) is 11.5. The van der Waals surface area contributed by atoms with E-state index in [4.69, 9.17) is 11.6 Å². The molecule has 0 bridgehead atoms. The van der Waals surface area contributed by atoms with E-state index in [1.165, 1.54) is 12.1 Å². The number of hydrogen-bond donors (Lipinski definition) is 1. The van der Waals surface area contributed by atoms with Crippen LogP contribution in [0.1, 0.15) is 46.6 Å². The zero-order chi connectivity index (χ0) is 15.6. The predicted molar refractivity (Wildman–Crippen MR) is 83.1 cm³/mol. The molecule has 0 aromatic heterocycles. The van der Waals surface area contributed by atoms with Crippen LogP contribution in [0.5, 0.6) is 0 Å². The Morgan fingerprint density at radius 1 is 1.25 bits per heavy atom. The van der Waals surface area contributed by atoms with E-state index in [1.807, 2.05) is 0 Å². The van der Waals surface area contributed by atoms with Gasteiger partial charge in [0, 0.05) is 24.2 Å². The molecule has 5 heteroatoms. The first-order valence-electron chi connectivity index (χ1n) is 6.68. The van der Waals surface area contributed by atoms with Gasteiger partial charge in [0.05, 0.1) is 9.95 Å². The summed E-state index contributed by atoms with van der Waals surface area (Å²) >= 11 is 6.09. The van der Waals surface area contributed by atoms with E-state index in [1.54, 1.807) is 6.07 Å². The van der Waals surface area contributed by atoms with E-state index < -0.39 is 4.92 Å². The van der Waals surface area contributed by atoms with Gasteiger partial charge in [-0.1, -0.05) is 32.4 Å². The lowest BCUT2D eigenvalue weighted by atomic mass is 9.82. The van der Waals surface area contributed by atoms with Crippen LogP contribution in [0.4, 0.5) is 5.69 Å². The third-order valence-electron chi connectivity index (χ3n) is 2.98. The monoisotopic (exact) mass is 298 g/mol. The molecule has 4 nitrogen and oxygen atoms in total. The fraction of sp³-hybridized carbons (Fsp3) is 0.600. The number of nitrogens with one attached hydrogen (secondary N) is 1. The van der Waals surface area contributed by atoms with E-state index >= 15 is 0 Å². The number of rotatable bonds is 5. The van der Waals surface area contributed by atoms with Crippen molar-refractivity contribution in [3.05, 3.63) is 38.9 Å². The lowest BCUT2D eigenvalue weighted by Crippen LogP contribution is -2.41. The molecule has 0 unspecified atom stereocenters. The fourth-order valence-electron chi connectivity index (χ4n) is 2.52. The third-order valence-corrected chi connectivity index (χ3v) is 3.33. The van der Waals surface area contributed by atoms with E-state index in [9.17, 15) is 10.1 Å². The highest BCUT2D eigenvalue weighted by Gasteiger charge is 2.25. The Kier molecular flexibility index (Phi) is 5.16. The maximum atomic E-state index is 10.7. The van der Waals surface area contributed by atoms with Crippen LogP contribution in [-0.4, -0.2) is 10.5 Å². The average molecular weight is 299 g/mol. The van der Waals surface area contributed by atoms with Gasteiger partial charge in [-0.15, -0.1) is 0 Å². The Bertz CT molecular complexity index is 493. The maximum Gasteiger partial charge on any atom is 0.270 e. The molecule has 0 saturated heterocycles. The van der Waals surface area contributed by atoms with Gasteiger partial charge in [0.15, 0.2) is 0 Å². The Hall–Kier alpha value is -1.13. The van der Waals surface area contributed by atoms with Crippen molar-refractivity contribution in [2.75, 3.05) is 0 Å². The van der Waals surface area contributed by atoms with Crippen LogP contribution in [0.15, 0.2) is 18.2 Å². The number of nitro groups is 1. The van der Waals surface area contributed by atoms with E-state index in [0.29, 0.717) is 11.6 Å². The van der Waals surface area contributed by atoms with Crippen molar-refractivity contribution < 1.29 is 4.92 Å². The highest BCUT2D eigenvalue weighted by Crippen LogP contribution is 2.28. The molecule has 1 aromatic carbocycles. The third kappa shape index (κ3) is 5.47. The lowest BCUT2D eigenvalue weighted by Gasteiger charge is -2.33. The van der Waals surface area contributed by atoms with E-state index in [2.05, 4.69) is 39.9 Å². The summed E-state index contributed by atoms with van der Waals surface area (Å²) in [6, 6.07) is 4.59. The highest BCUT2D eigenvalue weighted by molar-refractivity contribution is 6.31. The van der Waals surface area contributed by atoms with Gasteiger partial charge in [-0.3, -0.25) is 10.1 Å². The molecule has 0 spiro atoms. The van der Waals surface area contributed by atoms with E-state index in [-0.39, 0.29) is 16.6 Å². The Labute approximate surface area is 125 Å². The quantitative estimate of drug-likeness (QED) is 0.641. The zero-order valence-corrected chi connectivity index (χ0v) is 13.5. The minimum atomic E-state index is -0.438. The summed E-state index contributed by atoms with van der Waals surface area (Å²) in [5.41, 5.74) is 1.10. The predicted octanol–water partition coefficient (Wildman–Crippen LogP) is 4.55. The van der Waals surface area contributed by atoms with Crippen molar-refractivity contribution in [3.8, 4) is 0 Å². The molecule has 20 heavy (non-hydrogen) atoms. The number of nitro benzene ring substituents is 1. The standard InChI is InChI=1S/C15H23ClN2O2/c1-14(2,3)10-15(4,5)17-9-11-6-7-12(18(19)20)8-13(11)16/h6-8,17H,9-10H2,1-5H3. The number of halogens is 1. The summed E-state index contributed by atoms with van der Waals surface area (Å²) in [5, 5.41) is 14.6. The molecule has 1 N–H and O–H groups in total. The van der Waals surface area contributed by atoms with Crippen molar-refractivity contribution in [3.63, 3.8) is 0 Å². The smallest absolute Gasteiger partial charge is 0.270 e. The molecular weight excluding hydrogens is 276 g/mol. The molecular formula is C15H23ClN2O2. The number of hydrogen-bond acceptors (Lipinski definition) is 3. The summed E-state index contributed by atoms with van der Waals surface area (Å²) in [7, 11) is 0. The van der Waals surface area contributed by atoms with Crippen LogP contribution in [0.3, 0.4) is 0 Å². The molecule has 1 rings (SSSR count). The van der Waals surface area contributed by atoms with Crippen molar-refractivity contribution in [2.24, 2.45) is 5.41 Å². The maximum absolute atomic E-state index is 10.7. The largest absolute Gasteiger partial charge is 0.308 e. The summed E-state index contributed by atoms with van der Waals surface area (Å²) < 4.78 is 0. The average Bonchev–Trinajstić information content (AvgIpc) is 2.23. The van der Waals surface area contributed by atoms with Crippen LogP contribution in [-0.2, 0) is 6.54 Å². The molecule has 0 radical (unpaired) electrons. The molecule has 1 aromatic rings. The first kappa shape index (κ1) is 16.9. The molecule has 0 amide bonds. The zero-order valence-electron chi connectivity index (χ0n) is 12.8. The van der Waals surface area contributed by atoms with Crippen LogP contribution >= 0.6 is 11.6 Å². The second kappa shape index (κ2) is 6.10. The van der Waals surface area contributed by atoms with Gasteiger partial charge in [0.2, 0.25) is 0 Å². The Morgan fingerprint density at radius 2 is 1.85 bits per heavy atom. The van der Waals surface area contributed by atoms with Crippen molar-refractivity contribution in [1.29, 1.82) is 0 Å². The second-order valence-electron chi connectivity index (χ2n) is 7.01. The topological polar surface area (TPSA) is 55.2 Å². The summed E-state index contributed by atoms with van der Waals surface area (Å²) in [5.74, 6) is 0. The molecule has 0 atom stereocenters. The normalized spacial score (nSPS) is 12.5. The van der Waals surface area contributed by atoms with Crippen LogP contribution in [0.2, 0.25) is 5.02 Å². The van der Waals surface area contributed by atoms with Crippen molar-refractivity contribution >= 4 is 17.3 Å². The molecule has 112 valence electrons. The van der Waals surface area contributed by atoms with Gasteiger partial charge in [-0.2, -0.15) is 0 Å². The minimum absolute atomic E-state index is 0.0210. The van der Waals surface area contributed by atoms with Crippen LogP contribution in [0.25, 0.3) is 0 Å². The molecule has 0 aliphatic carbocycles. The Balaban J connectivity index is 2.73. The first-order valence-corrected chi connectivity index (χ1v) is 7.06. The number of non-ortho nitro benzene ring substituents is 1. The van der Waals surface area contributed by atoms with Crippen molar-refractivity contribution in [1.82, 2.24) is 5.32 Å². The fourth-order valence-corrected chi connectivity index (χ4v) is 2.76. The molecule has 0 saturated carbocycles. The second-order valence-corrected chi connectivity index (χ2v) is 7.41. The van der Waals surface area contributed by atoms with E-state index in [0.717, 1.165) is 12.0 Å². The van der Waals surface area contributed by atoms with Gasteiger partial charge in [0.25, 0.3) is 5.69 Å². The van der Waals surface area contributed by atoms with Crippen molar-refractivity contribution in [2.45, 2.75) is 53.1 Å². The van der Waals surface area contributed by atoms with Gasteiger partial charge >= 0.3 is 0 Å². The summed E-state index contributed by atoms with van der Waals surface area (Å²) in [4.78, 5) is 10.2. The lowest BCUT2D eigenvalue weighted by molar-refractivity contribution is -0.384. The number of nitrogens with zero attached hydrogens (tertiary/aromatic N) is 1. The first-order chi connectivity index (χ1) is 9.00. The Morgan fingerprint density at radius 3 is 2.30 bits per heavy atom. The number of benzene rings is 1.